The summed E-state index contributed by atoms with van der Waals surface area (Å²) < 4.78 is 0. The Balaban J connectivity index is 2.63. The summed E-state index contributed by atoms with van der Waals surface area (Å²) >= 11 is 9.09. The maximum Gasteiger partial charge on any atom is 0.253 e. The fourth-order valence-electron chi connectivity index (χ4n) is 1.21. The molecular weight excluding hydrogens is 277 g/mol. The smallest absolute Gasteiger partial charge is 0.253 e. The summed E-state index contributed by atoms with van der Waals surface area (Å²) in [4.78, 5) is 13.5. The molecule has 0 atom stereocenters. The summed E-state index contributed by atoms with van der Waals surface area (Å²) in [6.07, 6.45) is 0.954. The fourth-order valence-corrected chi connectivity index (χ4v) is 1.59. The summed E-state index contributed by atoms with van der Waals surface area (Å²) in [5.41, 5.74) is 0.677. The lowest BCUT2D eigenvalue weighted by Gasteiger charge is -2.16. The Labute approximate surface area is 103 Å². The van der Waals surface area contributed by atoms with Gasteiger partial charge in [-0.05, 0) is 30.7 Å². The molecular formula is C11H13BrClNO. The van der Waals surface area contributed by atoms with E-state index in [2.05, 4.69) is 15.9 Å². The van der Waals surface area contributed by atoms with Crippen LogP contribution in [0.4, 0.5) is 0 Å². The molecule has 0 bridgehead atoms. The van der Waals surface area contributed by atoms with E-state index in [0.29, 0.717) is 10.6 Å². The van der Waals surface area contributed by atoms with Crippen LogP contribution in [-0.4, -0.2) is 29.7 Å². The van der Waals surface area contributed by atoms with Gasteiger partial charge in [-0.1, -0.05) is 27.5 Å². The van der Waals surface area contributed by atoms with E-state index in [0.717, 1.165) is 18.3 Å². The monoisotopic (exact) mass is 289 g/mol. The van der Waals surface area contributed by atoms with Gasteiger partial charge in [0.25, 0.3) is 5.91 Å². The third kappa shape index (κ3) is 3.84. The molecule has 1 rings (SSSR count). The van der Waals surface area contributed by atoms with Crippen LogP contribution in [0, 0.1) is 0 Å². The number of hydrogen-bond acceptors (Lipinski definition) is 1. The highest BCUT2D eigenvalue weighted by Gasteiger charge is 2.10. The maximum atomic E-state index is 11.8. The Morgan fingerprint density at radius 1 is 1.40 bits per heavy atom. The number of hydrogen-bond donors (Lipinski definition) is 0. The zero-order valence-corrected chi connectivity index (χ0v) is 10.9. The Hall–Kier alpha value is -0.540. The van der Waals surface area contributed by atoms with Crippen molar-refractivity contribution in [2.24, 2.45) is 0 Å². The predicted molar refractivity (Wildman–Crippen MR) is 66.8 cm³/mol. The lowest BCUT2D eigenvalue weighted by Crippen LogP contribution is -2.27. The fraction of sp³-hybridized carbons (Fsp3) is 0.364. The second kappa shape index (κ2) is 6.13. The molecule has 0 aromatic heterocycles. The first-order valence-corrected chi connectivity index (χ1v) is 6.22. The number of rotatable bonds is 4. The summed E-state index contributed by atoms with van der Waals surface area (Å²) in [5, 5.41) is 1.56. The van der Waals surface area contributed by atoms with Crippen LogP contribution < -0.4 is 0 Å². The van der Waals surface area contributed by atoms with Crippen molar-refractivity contribution < 1.29 is 4.79 Å². The number of amides is 1. The van der Waals surface area contributed by atoms with Gasteiger partial charge in [0.15, 0.2) is 0 Å². The highest BCUT2D eigenvalue weighted by Crippen LogP contribution is 2.11. The molecule has 4 heteroatoms. The first-order chi connectivity index (χ1) is 7.15. The average molecular weight is 291 g/mol. The highest BCUT2D eigenvalue weighted by atomic mass is 79.9. The molecule has 0 unspecified atom stereocenters. The van der Waals surface area contributed by atoms with Gasteiger partial charge in [0.05, 0.1) is 0 Å². The molecule has 15 heavy (non-hydrogen) atoms. The van der Waals surface area contributed by atoms with Gasteiger partial charge in [-0.25, -0.2) is 0 Å². The lowest BCUT2D eigenvalue weighted by molar-refractivity contribution is 0.0795. The van der Waals surface area contributed by atoms with Crippen molar-refractivity contribution in [2.75, 3.05) is 18.9 Å². The molecule has 0 saturated carbocycles. The molecule has 82 valence electrons. The summed E-state index contributed by atoms with van der Waals surface area (Å²) in [6.45, 7) is 0.757. The van der Waals surface area contributed by atoms with Gasteiger partial charge in [-0.2, -0.15) is 0 Å². The van der Waals surface area contributed by atoms with Crippen molar-refractivity contribution in [1.29, 1.82) is 0 Å². The molecule has 2 nitrogen and oxygen atoms in total. The van der Waals surface area contributed by atoms with Crippen LogP contribution in [0.15, 0.2) is 24.3 Å². The van der Waals surface area contributed by atoms with Crippen LogP contribution >= 0.6 is 27.5 Å². The topological polar surface area (TPSA) is 20.3 Å². The largest absolute Gasteiger partial charge is 0.342 e. The Morgan fingerprint density at radius 2 is 2.00 bits per heavy atom. The van der Waals surface area contributed by atoms with Crippen molar-refractivity contribution in [1.82, 2.24) is 4.90 Å². The van der Waals surface area contributed by atoms with Crippen molar-refractivity contribution >= 4 is 33.4 Å². The minimum Gasteiger partial charge on any atom is -0.342 e. The minimum absolute atomic E-state index is 0.0348. The van der Waals surface area contributed by atoms with Gasteiger partial charge in [0, 0.05) is 29.5 Å². The van der Waals surface area contributed by atoms with Crippen molar-refractivity contribution in [2.45, 2.75) is 6.42 Å². The molecule has 0 heterocycles. The van der Waals surface area contributed by atoms with E-state index in [1.54, 1.807) is 36.2 Å². The van der Waals surface area contributed by atoms with E-state index in [1.165, 1.54) is 0 Å². The van der Waals surface area contributed by atoms with Crippen molar-refractivity contribution in [3.8, 4) is 0 Å². The zero-order chi connectivity index (χ0) is 11.3. The van der Waals surface area contributed by atoms with Crippen LogP contribution in [-0.2, 0) is 0 Å². The molecule has 0 spiro atoms. The number of carbonyl (C=O) groups excluding carboxylic acids is 1. The van der Waals surface area contributed by atoms with Gasteiger partial charge in [0.1, 0.15) is 0 Å². The SMILES string of the molecule is CN(CCCBr)C(=O)c1ccc(Cl)cc1. The Bertz CT molecular complexity index is 326. The van der Waals surface area contributed by atoms with Crippen LogP contribution in [0.5, 0.6) is 0 Å². The molecule has 0 fully saturated rings. The van der Waals surface area contributed by atoms with E-state index in [9.17, 15) is 4.79 Å². The molecule has 0 radical (unpaired) electrons. The third-order valence-electron chi connectivity index (χ3n) is 2.07. The van der Waals surface area contributed by atoms with Gasteiger partial charge in [-0.3, -0.25) is 4.79 Å². The molecule has 0 N–H and O–H groups in total. The molecule has 0 aliphatic heterocycles. The van der Waals surface area contributed by atoms with E-state index >= 15 is 0 Å². The second-order valence-corrected chi connectivity index (χ2v) is 4.51. The number of halogens is 2. The predicted octanol–water partition coefficient (Wildman–Crippen LogP) is 3.20. The Morgan fingerprint density at radius 3 is 2.53 bits per heavy atom. The summed E-state index contributed by atoms with van der Waals surface area (Å²) in [6, 6.07) is 6.95. The first kappa shape index (κ1) is 12.5. The molecule has 0 saturated heterocycles. The average Bonchev–Trinajstić information content (AvgIpc) is 2.26. The van der Waals surface area contributed by atoms with Gasteiger partial charge < -0.3 is 4.90 Å². The summed E-state index contributed by atoms with van der Waals surface area (Å²) in [7, 11) is 1.81. The molecule has 0 aliphatic carbocycles. The Kier molecular flexibility index (Phi) is 5.12. The van der Waals surface area contributed by atoms with E-state index in [4.69, 9.17) is 11.6 Å². The standard InChI is InChI=1S/C11H13BrClNO/c1-14(8-2-7-12)11(15)9-3-5-10(13)6-4-9/h3-6H,2,7-8H2,1H3. The highest BCUT2D eigenvalue weighted by molar-refractivity contribution is 9.09. The van der Waals surface area contributed by atoms with Crippen molar-refractivity contribution in [3.63, 3.8) is 0 Å². The van der Waals surface area contributed by atoms with Crippen LogP contribution in [0.1, 0.15) is 16.8 Å². The quantitative estimate of drug-likeness (QED) is 0.780. The number of benzene rings is 1. The molecule has 1 amide bonds. The second-order valence-electron chi connectivity index (χ2n) is 3.28. The van der Waals surface area contributed by atoms with Gasteiger partial charge >= 0.3 is 0 Å². The minimum atomic E-state index is 0.0348. The number of carbonyl (C=O) groups is 1. The van der Waals surface area contributed by atoms with Gasteiger partial charge in [-0.15, -0.1) is 0 Å². The molecule has 0 aliphatic rings. The molecule has 1 aromatic rings. The number of nitrogens with zero attached hydrogens (tertiary/aromatic N) is 1. The summed E-state index contributed by atoms with van der Waals surface area (Å²) in [5.74, 6) is 0.0348. The van der Waals surface area contributed by atoms with Crippen LogP contribution in [0.25, 0.3) is 0 Å². The van der Waals surface area contributed by atoms with Crippen molar-refractivity contribution in [3.05, 3.63) is 34.9 Å². The first-order valence-electron chi connectivity index (χ1n) is 4.72. The van der Waals surface area contributed by atoms with E-state index in [1.807, 2.05) is 0 Å². The number of alkyl halides is 1. The van der Waals surface area contributed by atoms with Crippen LogP contribution in [0.2, 0.25) is 5.02 Å². The van der Waals surface area contributed by atoms with E-state index in [-0.39, 0.29) is 5.91 Å². The van der Waals surface area contributed by atoms with Crippen LogP contribution in [0.3, 0.4) is 0 Å². The molecule has 1 aromatic carbocycles. The zero-order valence-electron chi connectivity index (χ0n) is 8.54. The van der Waals surface area contributed by atoms with Gasteiger partial charge in [0.2, 0.25) is 0 Å². The van der Waals surface area contributed by atoms with E-state index < -0.39 is 0 Å². The third-order valence-corrected chi connectivity index (χ3v) is 2.88. The lowest BCUT2D eigenvalue weighted by atomic mass is 10.2. The normalized spacial score (nSPS) is 10.1. The maximum absolute atomic E-state index is 11.8.